The first kappa shape index (κ1) is 88.0. The van der Waals surface area contributed by atoms with Gasteiger partial charge in [-0.05, 0) is 12.8 Å². The number of rotatable bonds is 77. The monoisotopic (exact) mass is 1280 g/mol. The molecule has 0 heterocycles. The zero-order valence-corrected chi connectivity index (χ0v) is 61.8. The molecule has 0 N–H and O–H groups in total. The van der Waals surface area contributed by atoms with Gasteiger partial charge in [-0.1, -0.05) is 418 Å². The van der Waals surface area contributed by atoms with Gasteiger partial charge in [0.25, 0.3) is 7.82 Å². The van der Waals surface area contributed by atoms with Crippen molar-refractivity contribution in [1.82, 2.24) is 0 Å². The molecule has 0 saturated heterocycles. The van der Waals surface area contributed by atoms with Gasteiger partial charge in [-0.15, -0.1) is 0 Å². The third-order valence-electron chi connectivity index (χ3n) is 18.9. The maximum atomic E-state index is 12.9. The second kappa shape index (κ2) is 71.3. The second-order valence-corrected chi connectivity index (χ2v) is 30.6. The Morgan fingerprint density at radius 1 is 0.303 bits per heavy atom. The van der Waals surface area contributed by atoms with Crippen LogP contribution in [0.5, 0.6) is 0 Å². The van der Waals surface area contributed by atoms with Gasteiger partial charge in [0.1, 0.15) is 19.8 Å². The zero-order chi connectivity index (χ0) is 64.8. The summed E-state index contributed by atoms with van der Waals surface area (Å²) in [5, 5.41) is 0. The number of hydrogen-bond donors (Lipinski definition) is 0. The van der Waals surface area contributed by atoms with Gasteiger partial charge in [0.2, 0.25) is 0 Å². The number of phosphoric acid groups is 1. The van der Waals surface area contributed by atoms with E-state index in [1.165, 1.54) is 379 Å². The first-order valence-electron chi connectivity index (χ1n) is 40.2. The zero-order valence-electron chi connectivity index (χ0n) is 60.9. The summed E-state index contributed by atoms with van der Waals surface area (Å²) in [6.07, 6.45) is 88.1. The third-order valence-corrected chi connectivity index (χ3v) is 19.8. The van der Waals surface area contributed by atoms with Crippen LogP contribution in [-0.4, -0.2) is 70.0 Å². The molecule has 0 spiro atoms. The highest BCUT2D eigenvalue weighted by Crippen LogP contribution is 2.38. The SMILES string of the molecule is CCCCCCCCCCCCCCCCCCCCCCCCCCCCCCCCCCCC(=O)OC(COC(=O)CCCCCCCCCCCCCCCCCCCCCCCCCCCCCCCCCC)COP(=O)([O-])OCC[N+](C)(C)C. The number of hydrogen-bond acceptors (Lipinski definition) is 8. The fourth-order valence-corrected chi connectivity index (χ4v) is 13.5. The average molecular weight is 1280 g/mol. The van der Waals surface area contributed by atoms with E-state index in [2.05, 4.69) is 13.8 Å². The van der Waals surface area contributed by atoms with Crippen LogP contribution in [0, 0.1) is 0 Å². The van der Waals surface area contributed by atoms with Crippen molar-refractivity contribution < 1.29 is 42.1 Å². The van der Waals surface area contributed by atoms with Crippen LogP contribution in [0.3, 0.4) is 0 Å². The molecular weight excluding hydrogens is 1120 g/mol. The van der Waals surface area contributed by atoms with Crippen LogP contribution in [0.2, 0.25) is 0 Å². The first-order valence-corrected chi connectivity index (χ1v) is 41.7. The maximum absolute atomic E-state index is 12.9. The predicted octanol–water partition coefficient (Wildman–Crippen LogP) is 25.8. The number of unbranched alkanes of at least 4 members (excludes halogenated alkanes) is 63. The molecule has 0 radical (unpaired) electrons. The quantitative estimate of drug-likeness (QED) is 0.0256. The molecule has 0 aromatic heterocycles. The van der Waals surface area contributed by atoms with Crippen LogP contribution in [0.4, 0.5) is 0 Å². The van der Waals surface area contributed by atoms with Gasteiger partial charge in [-0.25, -0.2) is 0 Å². The van der Waals surface area contributed by atoms with Crippen LogP contribution in [-0.2, 0) is 32.7 Å². The fraction of sp³-hybridized carbons (Fsp3) is 0.975. The van der Waals surface area contributed by atoms with Crippen LogP contribution in [0.25, 0.3) is 0 Å². The van der Waals surface area contributed by atoms with E-state index in [-0.39, 0.29) is 32.0 Å². The Balaban J connectivity index is 3.88. The molecule has 0 rings (SSSR count). The minimum absolute atomic E-state index is 0.0246. The van der Waals surface area contributed by atoms with E-state index in [4.69, 9.17) is 18.5 Å². The summed E-state index contributed by atoms with van der Waals surface area (Å²) in [5.74, 6) is -0.800. The third kappa shape index (κ3) is 75.9. The van der Waals surface area contributed by atoms with E-state index in [0.29, 0.717) is 17.4 Å². The van der Waals surface area contributed by atoms with Crippen molar-refractivity contribution in [3.05, 3.63) is 0 Å². The van der Waals surface area contributed by atoms with Crippen molar-refractivity contribution in [2.24, 2.45) is 0 Å². The van der Waals surface area contributed by atoms with Crippen molar-refractivity contribution in [1.29, 1.82) is 0 Å². The van der Waals surface area contributed by atoms with E-state index < -0.39 is 26.5 Å². The van der Waals surface area contributed by atoms with E-state index in [9.17, 15) is 19.0 Å². The smallest absolute Gasteiger partial charge is 0.306 e. The second-order valence-electron chi connectivity index (χ2n) is 29.2. The molecule has 0 amide bonds. The lowest BCUT2D eigenvalue weighted by Crippen LogP contribution is -2.37. The Labute approximate surface area is 556 Å². The molecule has 0 bridgehead atoms. The van der Waals surface area contributed by atoms with E-state index in [1.807, 2.05) is 21.1 Å². The van der Waals surface area contributed by atoms with Crippen molar-refractivity contribution in [2.45, 2.75) is 450 Å². The van der Waals surface area contributed by atoms with Crippen molar-refractivity contribution in [3.63, 3.8) is 0 Å². The summed E-state index contributed by atoms with van der Waals surface area (Å²) in [5.41, 5.74) is 0. The Kier molecular flexibility index (Phi) is 70.5. The molecule has 9 nitrogen and oxygen atoms in total. The summed E-state index contributed by atoms with van der Waals surface area (Å²) in [6.45, 7) is 4.35. The van der Waals surface area contributed by atoms with Gasteiger partial charge in [-0.3, -0.25) is 14.2 Å². The lowest BCUT2D eigenvalue weighted by Gasteiger charge is -2.28. The molecule has 2 atom stereocenters. The van der Waals surface area contributed by atoms with Gasteiger partial charge in [0.05, 0.1) is 27.7 Å². The molecule has 0 aliphatic carbocycles. The number of esters is 2. The summed E-state index contributed by atoms with van der Waals surface area (Å²) in [4.78, 5) is 38.2. The highest BCUT2D eigenvalue weighted by atomic mass is 31.2. The number of carbonyl (C=O) groups excluding carboxylic acids is 2. The van der Waals surface area contributed by atoms with E-state index in [0.717, 1.165) is 32.1 Å². The summed E-state index contributed by atoms with van der Waals surface area (Å²) in [7, 11) is 1.20. The Bertz CT molecular complexity index is 1460. The molecule has 0 aliphatic heterocycles. The number of carbonyl (C=O) groups is 2. The Hall–Kier alpha value is -0.990. The fourth-order valence-electron chi connectivity index (χ4n) is 12.7. The molecule has 532 valence electrons. The van der Waals surface area contributed by atoms with Gasteiger partial charge in [-0.2, -0.15) is 0 Å². The molecule has 0 fully saturated rings. The lowest BCUT2D eigenvalue weighted by molar-refractivity contribution is -0.870. The van der Waals surface area contributed by atoms with Crippen molar-refractivity contribution in [3.8, 4) is 0 Å². The minimum atomic E-state index is -4.64. The number of nitrogens with zero attached hydrogens (tertiary/aromatic N) is 1. The van der Waals surface area contributed by atoms with Gasteiger partial charge >= 0.3 is 11.9 Å². The number of likely N-dealkylation sites (N-methyl/N-ethyl adjacent to an activating group) is 1. The van der Waals surface area contributed by atoms with Crippen molar-refractivity contribution in [2.75, 3.05) is 47.5 Å². The number of phosphoric ester groups is 1. The Morgan fingerprint density at radius 3 is 0.719 bits per heavy atom. The highest BCUT2D eigenvalue weighted by molar-refractivity contribution is 7.45. The molecule has 89 heavy (non-hydrogen) atoms. The van der Waals surface area contributed by atoms with Crippen LogP contribution < -0.4 is 4.89 Å². The number of quaternary nitrogens is 1. The van der Waals surface area contributed by atoms with Gasteiger partial charge < -0.3 is 27.9 Å². The normalized spacial score (nSPS) is 12.9. The standard InChI is InChI=1S/C79H158NO8P/c1-6-8-10-12-14-16-18-20-22-24-26-28-30-32-34-36-38-40-42-44-46-48-50-52-54-56-58-60-62-64-66-68-70-72-79(82)88-77(76-87-89(83,84)86-74-73-80(3,4)5)75-85-78(81)71-69-67-65-63-61-59-57-55-53-51-49-47-45-43-41-39-37-35-33-31-29-27-25-23-21-19-17-15-13-11-9-7-2/h77H,6-76H2,1-5H3. The molecular formula is C79H158NO8P. The van der Waals surface area contributed by atoms with E-state index in [1.54, 1.807) is 0 Å². The van der Waals surface area contributed by atoms with Crippen LogP contribution in [0.1, 0.15) is 444 Å². The topological polar surface area (TPSA) is 111 Å². The maximum Gasteiger partial charge on any atom is 0.306 e. The lowest BCUT2D eigenvalue weighted by atomic mass is 10.0. The Morgan fingerprint density at radius 2 is 0.506 bits per heavy atom. The van der Waals surface area contributed by atoms with Gasteiger partial charge in [0, 0.05) is 12.8 Å². The highest BCUT2D eigenvalue weighted by Gasteiger charge is 2.22. The number of ether oxygens (including phenoxy) is 2. The molecule has 0 saturated carbocycles. The molecule has 0 aromatic carbocycles. The molecule has 10 heteroatoms. The predicted molar refractivity (Wildman–Crippen MR) is 384 cm³/mol. The van der Waals surface area contributed by atoms with E-state index >= 15 is 0 Å². The molecule has 2 unspecified atom stereocenters. The van der Waals surface area contributed by atoms with Crippen molar-refractivity contribution >= 4 is 19.8 Å². The summed E-state index contributed by atoms with van der Waals surface area (Å²) < 4.78 is 34.4. The largest absolute Gasteiger partial charge is 0.756 e. The minimum Gasteiger partial charge on any atom is -0.756 e. The summed E-state index contributed by atoms with van der Waals surface area (Å²) >= 11 is 0. The molecule has 0 aliphatic rings. The first-order chi connectivity index (χ1) is 43.5. The molecule has 0 aromatic rings. The average Bonchev–Trinajstić information content (AvgIpc) is 3.60. The van der Waals surface area contributed by atoms with Crippen LogP contribution >= 0.6 is 7.82 Å². The summed E-state index contributed by atoms with van der Waals surface area (Å²) in [6, 6.07) is 0. The van der Waals surface area contributed by atoms with Gasteiger partial charge in [0.15, 0.2) is 6.10 Å². The van der Waals surface area contributed by atoms with Crippen LogP contribution in [0.15, 0.2) is 0 Å².